The highest BCUT2D eigenvalue weighted by atomic mass is 79.9. The molecular formula is C16H16BrN3O2. The standard InChI is InChI=1S/C16H16BrN3O2/c1-16(2,3)15-19-10-5-4-9(8-11(10)20-15)18-14(21)12-6-7-13(17)22-12/h4-8H,1-3H3,(H,18,21)(H,19,20). The number of benzene rings is 1. The van der Waals surface area contributed by atoms with Crippen molar-refractivity contribution in [3.8, 4) is 0 Å². The molecule has 6 heteroatoms. The van der Waals surface area contributed by atoms with Crippen LogP contribution in [-0.2, 0) is 5.41 Å². The molecule has 3 rings (SSSR count). The number of hydrogen-bond donors (Lipinski definition) is 2. The van der Waals surface area contributed by atoms with E-state index in [4.69, 9.17) is 4.42 Å². The Bertz CT molecular complexity index is 843. The number of furan rings is 1. The molecular weight excluding hydrogens is 346 g/mol. The van der Waals surface area contributed by atoms with Crippen LogP contribution in [0.15, 0.2) is 39.4 Å². The lowest BCUT2D eigenvalue weighted by molar-refractivity contribution is 0.0995. The van der Waals surface area contributed by atoms with Crippen molar-refractivity contribution in [1.82, 2.24) is 9.97 Å². The van der Waals surface area contributed by atoms with Crippen LogP contribution < -0.4 is 5.32 Å². The smallest absolute Gasteiger partial charge is 0.291 e. The Hall–Kier alpha value is -2.08. The number of carbonyl (C=O) groups is 1. The molecule has 0 aliphatic heterocycles. The van der Waals surface area contributed by atoms with Crippen molar-refractivity contribution < 1.29 is 9.21 Å². The maximum Gasteiger partial charge on any atom is 0.291 e. The molecule has 1 aromatic carbocycles. The third-order valence-electron chi connectivity index (χ3n) is 3.25. The number of imidazole rings is 1. The summed E-state index contributed by atoms with van der Waals surface area (Å²) in [6.07, 6.45) is 0. The van der Waals surface area contributed by atoms with Crippen LogP contribution >= 0.6 is 15.9 Å². The SMILES string of the molecule is CC(C)(C)c1nc2ccc(NC(=O)c3ccc(Br)o3)cc2[nH]1. The number of halogens is 1. The summed E-state index contributed by atoms with van der Waals surface area (Å²) in [5, 5.41) is 2.81. The molecule has 0 unspecified atom stereocenters. The molecule has 0 radical (unpaired) electrons. The number of H-pyrrole nitrogens is 1. The van der Waals surface area contributed by atoms with E-state index in [2.05, 4.69) is 52.0 Å². The van der Waals surface area contributed by atoms with Crippen LogP contribution in [0.2, 0.25) is 0 Å². The van der Waals surface area contributed by atoms with E-state index in [0.717, 1.165) is 16.9 Å². The normalized spacial score (nSPS) is 11.8. The summed E-state index contributed by atoms with van der Waals surface area (Å²) in [5.41, 5.74) is 2.41. The molecule has 2 heterocycles. The second-order valence-corrected chi connectivity index (χ2v) is 6.91. The summed E-state index contributed by atoms with van der Waals surface area (Å²) in [4.78, 5) is 19.9. The van der Waals surface area contributed by atoms with E-state index in [1.54, 1.807) is 12.1 Å². The van der Waals surface area contributed by atoms with E-state index in [-0.39, 0.29) is 17.1 Å². The molecule has 2 N–H and O–H groups in total. The predicted octanol–water partition coefficient (Wildman–Crippen LogP) is 4.47. The first-order valence-electron chi connectivity index (χ1n) is 6.90. The molecule has 114 valence electrons. The fourth-order valence-corrected chi connectivity index (χ4v) is 2.38. The summed E-state index contributed by atoms with van der Waals surface area (Å²) in [7, 11) is 0. The average Bonchev–Trinajstić information content (AvgIpc) is 3.03. The monoisotopic (exact) mass is 361 g/mol. The van der Waals surface area contributed by atoms with Gasteiger partial charge in [0.15, 0.2) is 10.4 Å². The fraction of sp³-hybridized carbons (Fsp3) is 0.250. The van der Waals surface area contributed by atoms with E-state index in [9.17, 15) is 4.79 Å². The Morgan fingerprint density at radius 3 is 2.68 bits per heavy atom. The Balaban J connectivity index is 1.87. The Kier molecular flexibility index (Phi) is 3.56. The van der Waals surface area contributed by atoms with Crippen LogP contribution in [0.25, 0.3) is 11.0 Å². The molecule has 2 aromatic heterocycles. The zero-order chi connectivity index (χ0) is 15.9. The van der Waals surface area contributed by atoms with Crippen molar-refractivity contribution in [2.75, 3.05) is 5.32 Å². The fourth-order valence-electron chi connectivity index (χ4n) is 2.07. The first-order valence-corrected chi connectivity index (χ1v) is 7.69. The van der Waals surface area contributed by atoms with Gasteiger partial charge in [-0.2, -0.15) is 0 Å². The van der Waals surface area contributed by atoms with Crippen LogP contribution in [0.5, 0.6) is 0 Å². The zero-order valence-corrected chi connectivity index (χ0v) is 14.1. The van der Waals surface area contributed by atoms with Crippen molar-refractivity contribution >= 4 is 38.6 Å². The second kappa shape index (κ2) is 5.28. The minimum Gasteiger partial charge on any atom is -0.444 e. The molecule has 0 atom stereocenters. The van der Waals surface area contributed by atoms with E-state index in [1.165, 1.54) is 0 Å². The molecule has 0 aliphatic carbocycles. The summed E-state index contributed by atoms with van der Waals surface area (Å²) in [6.45, 7) is 6.30. The van der Waals surface area contributed by atoms with Crippen LogP contribution in [0.1, 0.15) is 37.2 Å². The van der Waals surface area contributed by atoms with Gasteiger partial charge in [0.25, 0.3) is 5.91 Å². The molecule has 3 aromatic rings. The molecule has 22 heavy (non-hydrogen) atoms. The largest absolute Gasteiger partial charge is 0.444 e. The van der Waals surface area contributed by atoms with E-state index in [0.29, 0.717) is 10.4 Å². The number of rotatable bonds is 2. The summed E-state index contributed by atoms with van der Waals surface area (Å²) in [6, 6.07) is 8.88. The van der Waals surface area contributed by atoms with E-state index >= 15 is 0 Å². The summed E-state index contributed by atoms with van der Waals surface area (Å²) in [5.74, 6) is 0.883. The van der Waals surface area contributed by atoms with Gasteiger partial charge in [0.05, 0.1) is 11.0 Å². The van der Waals surface area contributed by atoms with Crippen LogP contribution in [0.3, 0.4) is 0 Å². The summed E-state index contributed by atoms with van der Waals surface area (Å²) < 4.78 is 5.76. The number of amides is 1. The number of nitrogens with zero attached hydrogens (tertiary/aromatic N) is 1. The van der Waals surface area contributed by atoms with Crippen molar-refractivity contribution in [2.45, 2.75) is 26.2 Å². The van der Waals surface area contributed by atoms with Gasteiger partial charge in [-0.3, -0.25) is 4.79 Å². The van der Waals surface area contributed by atoms with E-state index < -0.39 is 0 Å². The Labute approximate surface area is 136 Å². The topological polar surface area (TPSA) is 70.9 Å². The number of aromatic nitrogens is 2. The van der Waals surface area contributed by atoms with Crippen LogP contribution in [0, 0.1) is 0 Å². The Morgan fingerprint density at radius 1 is 1.27 bits per heavy atom. The maximum atomic E-state index is 12.1. The van der Waals surface area contributed by atoms with Crippen molar-refractivity contribution in [3.05, 3.63) is 46.6 Å². The van der Waals surface area contributed by atoms with Crippen molar-refractivity contribution in [2.24, 2.45) is 0 Å². The molecule has 0 bridgehead atoms. The molecule has 0 fully saturated rings. The number of aromatic amines is 1. The molecule has 0 saturated carbocycles. The van der Waals surface area contributed by atoms with Gasteiger partial charge in [-0.25, -0.2) is 4.98 Å². The van der Waals surface area contributed by atoms with Crippen LogP contribution in [-0.4, -0.2) is 15.9 Å². The average molecular weight is 362 g/mol. The van der Waals surface area contributed by atoms with Crippen molar-refractivity contribution in [1.29, 1.82) is 0 Å². The molecule has 0 saturated heterocycles. The highest BCUT2D eigenvalue weighted by Crippen LogP contribution is 2.24. The quantitative estimate of drug-likeness (QED) is 0.707. The van der Waals surface area contributed by atoms with Gasteiger partial charge in [-0.05, 0) is 46.3 Å². The molecule has 5 nitrogen and oxygen atoms in total. The second-order valence-electron chi connectivity index (χ2n) is 6.13. The lowest BCUT2D eigenvalue weighted by Crippen LogP contribution is -2.12. The van der Waals surface area contributed by atoms with Gasteiger partial charge in [0.1, 0.15) is 5.82 Å². The lowest BCUT2D eigenvalue weighted by Gasteiger charge is -2.13. The van der Waals surface area contributed by atoms with Crippen LogP contribution in [0.4, 0.5) is 5.69 Å². The van der Waals surface area contributed by atoms with E-state index in [1.807, 2.05) is 18.2 Å². The number of carbonyl (C=O) groups excluding carboxylic acids is 1. The van der Waals surface area contributed by atoms with Gasteiger partial charge >= 0.3 is 0 Å². The summed E-state index contributed by atoms with van der Waals surface area (Å²) >= 11 is 3.18. The molecule has 0 aliphatic rings. The Morgan fingerprint density at radius 2 is 2.05 bits per heavy atom. The number of fused-ring (bicyclic) bond motifs is 1. The van der Waals surface area contributed by atoms with Gasteiger partial charge < -0.3 is 14.7 Å². The van der Waals surface area contributed by atoms with Gasteiger partial charge in [0, 0.05) is 11.1 Å². The number of hydrogen-bond acceptors (Lipinski definition) is 3. The number of nitrogens with one attached hydrogen (secondary N) is 2. The van der Waals surface area contributed by atoms with Gasteiger partial charge in [-0.15, -0.1) is 0 Å². The van der Waals surface area contributed by atoms with Crippen molar-refractivity contribution in [3.63, 3.8) is 0 Å². The minimum absolute atomic E-state index is 0.0527. The third-order valence-corrected chi connectivity index (χ3v) is 3.67. The number of anilines is 1. The molecule has 0 spiro atoms. The zero-order valence-electron chi connectivity index (χ0n) is 12.5. The predicted molar refractivity (Wildman–Crippen MR) is 89.2 cm³/mol. The third kappa shape index (κ3) is 2.92. The lowest BCUT2D eigenvalue weighted by atomic mass is 9.96. The molecule has 1 amide bonds. The minimum atomic E-state index is -0.291. The maximum absolute atomic E-state index is 12.1. The highest BCUT2D eigenvalue weighted by molar-refractivity contribution is 9.10. The highest BCUT2D eigenvalue weighted by Gasteiger charge is 2.18. The first kappa shape index (κ1) is 14.8. The van der Waals surface area contributed by atoms with Gasteiger partial charge in [0.2, 0.25) is 0 Å². The van der Waals surface area contributed by atoms with Gasteiger partial charge in [-0.1, -0.05) is 20.8 Å². The first-order chi connectivity index (χ1) is 10.3.